The lowest BCUT2D eigenvalue weighted by Crippen LogP contribution is -2.47. The van der Waals surface area contributed by atoms with E-state index in [4.69, 9.17) is 5.73 Å². The zero-order chi connectivity index (χ0) is 15.3. The summed E-state index contributed by atoms with van der Waals surface area (Å²) in [6, 6.07) is -0.0162. The lowest BCUT2D eigenvalue weighted by Gasteiger charge is -2.42. The molecular formula is C14H18BrFN6. The van der Waals surface area contributed by atoms with E-state index in [1.54, 1.807) is 12.5 Å². The van der Waals surface area contributed by atoms with Gasteiger partial charge in [-0.25, -0.2) is 13.8 Å². The molecule has 1 saturated heterocycles. The molecule has 3 heterocycles. The molecule has 2 aliphatic rings. The second kappa shape index (κ2) is 5.13. The van der Waals surface area contributed by atoms with Gasteiger partial charge in [-0.1, -0.05) is 0 Å². The zero-order valence-corrected chi connectivity index (χ0v) is 13.7. The van der Waals surface area contributed by atoms with Gasteiger partial charge in [0.25, 0.3) is 0 Å². The summed E-state index contributed by atoms with van der Waals surface area (Å²) in [5.41, 5.74) is 6.93. The molecule has 1 aliphatic heterocycles. The molecule has 0 bridgehead atoms. The monoisotopic (exact) mass is 368 g/mol. The first kappa shape index (κ1) is 14.3. The van der Waals surface area contributed by atoms with Gasteiger partial charge in [0.15, 0.2) is 5.65 Å². The standard InChI is InChI=1S/C14H18BrFN6/c15-10-7-18-13(22-8-19-20-12(10)22)21-3-1-14(2-4-21)6-9(16)5-11(14)17/h7-9,11H,1-6,17H2/t9-,11+/m0/s1. The third-order valence-corrected chi connectivity index (χ3v) is 5.80. The predicted octanol–water partition coefficient (Wildman–Crippen LogP) is 1.93. The second-order valence-corrected chi connectivity index (χ2v) is 7.28. The summed E-state index contributed by atoms with van der Waals surface area (Å²) in [6.07, 6.45) is 5.63. The minimum Gasteiger partial charge on any atom is -0.342 e. The van der Waals surface area contributed by atoms with Gasteiger partial charge in [-0.05, 0) is 47.0 Å². The van der Waals surface area contributed by atoms with Gasteiger partial charge in [0, 0.05) is 25.3 Å². The Balaban J connectivity index is 1.59. The first-order valence-corrected chi connectivity index (χ1v) is 8.37. The number of fused-ring (bicyclic) bond motifs is 1. The van der Waals surface area contributed by atoms with Crippen LogP contribution in [0.5, 0.6) is 0 Å². The number of nitrogens with two attached hydrogens (primary N) is 1. The topological polar surface area (TPSA) is 72.3 Å². The third-order valence-electron chi connectivity index (χ3n) is 5.24. The average Bonchev–Trinajstić information content (AvgIpc) is 3.08. The average molecular weight is 369 g/mol. The molecule has 0 radical (unpaired) electrons. The van der Waals surface area contributed by atoms with Crippen LogP contribution in [-0.2, 0) is 0 Å². The molecule has 118 valence electrons. The number of alkyl halides is 1. The quantitative estimate of drug-likeness (QED) is 0.832. The summed E-state index contributed by atoms with van der Waals surface area (Å²) in [7, 11) is 0. The van der Waals surface area contributed by atoms with E-state index in [1.807, 2.05) is 4.40 Å². The Hall–Kier alpha value is -1.28. The summed E-state index contributed by atoms with van der Waals surface area (Å²) in [5.74, 6) is 0.835. The molecule has 2 N–H and O–H groups in total. The summed E-state index contributed by atoms with van der Waals surface area (Å²) in [5, 5.41) is 8.05. The Morgan fingerprint density at radius 3 is 2.82 bits per heavy atom. The number of anilines is 1. The van der Waals surface area contributed by atoms with Crippen molar-refractivity contribution in [1.82, 2.24) is 19.6 Å². The van der Waals surface area contributed by atoms with Crippen LogP contribution in [0.3, 0.4) is 0 Å². The third kappa shape index (κ3) is 2.11. The minimum atomic E-state index is -0.739. The van der Waals surface area contributed by atoms with Crippen molar-refractivity contribution in [2.75, 3.05) is 18.0 Å². The van der Waals surface area contributed by atoms with Gasteiger partial charge in [-0.3, -0.25) is 0 Å². The Labute approximate surface area is 136 Å². The van der Waals surface area contributed by atoms with Gasteiger partial charge in [-0.15, -0.1) is 10.2 Å². The van der Waals surface area contributed by atoms with Crippen LogP contribution in [0.2, 0.25) is 0 Å². The number of rotatable bonds is 1. The maximum atomic E-state index is 13.7. The molecule has 4 rings (SSSR count). The molecule has 6 nitrogen and oxygen atoms in total. The molecular weight excluding hydrogens is 351 g/mol. The Bertz CT molecular complexity index is 696. The first-order chi connectivity index (χ1) is 10.6. The normalized spacial score (nSPS) is 27.9. The van der Waals surface area contributed by atoms with E-state index >= 15 is 0 Å². The minimum absolute atomic E-state index is 0.0162. The van der Waals surface area contributed by atoms with E-state index < -0.39 is 6.17 Å². The number of nitrogens with zero attached hydrogens (tertiary/aromatic N) is 5. The van der Waals surface area contributed by atoms with E-state index in [0.29, 0.717) is 12.8 Å². The highest BCUT2D eigenvalue weighted by Crippen LogP contribution is 2.47. The largest absolute Gasteiger partial charge is 0.342 e. The van der Waals surface area contributed by atoms with Crippen LogP contribution < -0.4 is 10.6 Å². The Morgan fingerprint density at radius 2 is 2.14 bits per heavy atom. The number of hydrogen-bond donors (Lipinski definition) is 1. The molecule has 0 aromatic carbocycles. The fraction of sp³-hybridized carbons (Fsp3) is 0.643. The van der Waals surface area contributed by atoms with Gasteiger partial charge >= 0.3 is 0 Å². The maximum absolute atomic E-state index is 13.7. The lowest BCUT2D eigenvalue weighted by molar-refractivity contribution is 0.183. The summed E-state index contributed by atoms with van der Waals surface area (Å²) < 4.78 is 16.4. The maximum Gasteiger partial charge on any atom is 0.212 e. The molecule has 22 heavy (non-hydrogen) atoms. The summed E-state index contributed by atoms with van der Waals surface area (Å²) in [6.45, 7) is 1.67. The van der Waals surface area contributed by atoms with Crippen molar-refractivity contribution in [2.24, 2.45) is 11.1 Å². The van der Waals surface area contributed by atoms with E-state index in [-0.39, 0.29) is 11.5 Å². The van der Waals surface area contributed by atoms with Crippen LogP contribution in [0.1, 0.15) is 25.7 Å². The number of hydrogen-bond acceptors (Lipinski definition) is 5. The van der Waals surface area contributed by atoms with Crippen LogP contribution in [0.4, 0.5) is 10.3 Å². The van der Waals surface area contributed by atoms with E-state index in [0.717, 1.165) is 42.0 Å². The first-order valence-electron chi connectivity index (χ1n) is 7.58. The molecule has 2 atom stereocenters. The van der Waals surface area contributed by atoms with Crippen LogP contribution in [0.15, 0.2) is 17.0 Å². The second-order valence-electron chi connectivity index (χ2n) is 6.42. The van der Waals surface area contributed by atoms with Gasteiger partial charge < -0.3 is 10.6 Å². The molecule has 0 unspecified atom stereocenters. The van der Waals surface area contributed by atoms with Crippen LogP contribution >= 0.6 is 15.9 Å². The van der Waals surface area contributed by atoms with Crippen molar-refractivity contribution in [1.29, 1.82) is 0 Å². The smallest absolute Gasteiger partial charge is 0.212 e. The fourth-order valence-corrected chi connectivity index (χ4v) is 4.31. The van der Waals surface area contributed by atoms with E-state index in [1.165, 1.54) is 0 Å². The van der Waals surface area contributed by atoms with Gasteiger partial charge in [0.1, 0.15) is 12.5 Å². The molecule has 1 spiro atoms. The van der Waals surface area contributed by atoms with Gasteiger partial charge in [0.05, 0.1) is 4.47 Å². The van der Waals surface area contributed by atoms with Crippen molar-refractivity contribution in [3.63, 3.8) is 0 Å². The number of halogens is 2. The van der Waals surface area contributed by atoms with Gasteiger partial charge in [-0.2, -0.15) is 0 Å². The van der Waals surface area contributed by atoms with Crippen molar-refractivity contribution in [3.05, 3.63) is 17.0 Å². The fourth-order valence-electron chi connectivity index (χ4n) is 3.94. The molecule has 1 aliphatic carbocycles. The number of piperidine rings is 1. The van der Waals surface area contributed by atoms with Crippen molar-refractivity contribution in [3.8, 4) is 0 Å². The molecule has 2 fully saturated rings. The van der Waals surface area contributed by atoms with Crippen LogP contribution in [0, 0.1) is 5.41 Å². The van der Waals surface area contributed by atoms with Crippen LogP contribution in [-0.4, -0.2) is 44.9 Å². The molecule has 2 aromatic rings. The Morgan fingerprint density at radius 1 is 1.36 bits per heavy atom. The molecule has 1 saturated carbocycles. The van der Waals surface area contributed by atoms with Crippen molar-refractivity contribution in [2.45, 2.75) is 37.9 Å². The van der Waals surface area contributed by atoms with E-state index in [9.17, 15) is 4.39 Å². The summed E-state index contributed by atoms with van der Waals surface area (Å²) in [4.78, 5) is 6.72. The highest BCUT2D eigenvalue weighted by molar-refractivity contribution is 9.10. The highest BCUT2D eigenvalue weighted by Gasteiger charge is 2.47. The molecule has 8 heteroatoms. The van der Waals surface area contributed by atoms with Crippen molar-refractivity contribution >= 4 is 27.5 Å². The SMILES string of the molecule is N[C@@H]1C[C@H](F)CC12CCN(c1ncc(Br)c3nncn13)CC2. The van der Waals surface area contributed by atoms with Gasteiger partial charge in [0.2, 0.25) is 5.95 Å². The molecule has 2 aromatic heterocycles. The predicted molar refractivity (Wildman–Crippen MR) is 84.5 cm³/mol. The van der Waals surface area contributed by atoms with E-state index in [2.05, 4.69) is 36.0 Å². The zero-order valence-electron chi connectivity index (χ0n) is 12.1. The highest BCUT2D eigenvalue weighted by atomic mass is 79.9. The molecule has 0 amide bonds. The number of aromatic nitrogens is 4. The lowest BCUT2D eigenvalue weighted by atomic mass is 9.74. The Kier molecular flexibility index (Phi) is 3.34. The van der Waals surface area contributed by atoms with Crippen molar-refractivity contribution < 1.29 is 4.39 Å². The summed E-state index contributed by atoms with van der Waals surface area (Å²) >= 11 is 3.43. The van der Waals surface area contributed by atoms with Crippen LogP contribution in [0.25, 0.3) is 5.65 Å².